The van der Waals surface area contributed by atoms with Gasteiger partial charge in [-0.1, -0.05) is 0 Å². The number of anilines is 1. The van der Waals surface area contributed by atoms with Gasteiger partial charge in [-0.25, -0.2) is 4.39 Å². The maximum Gasteiger partial charge on any atom is 0.123 e. The molecule has 0 saturated carbocycles. The molecule has 1 fully saturated rings. The molecule has 4 nitrogen and oxygen atoms in total. The lowest BCUT2D eigenvalue weighted by Crippen LogP contribution is -2.36. The Morgan fingerprint density at radius 2 is 2.06 bits per heavy atom. The summed E-state index contributed by atoms with van der Waals surface area (Å²) in [6.07, 6.45) is 1.82. The second-order valence-electron chi connectivity index (χ2n) is 4.37. The van der Waals surface area contributed by atoms with Crippen molar-refractivity contribution in [1.82, 2.24) is 5.43 Å². The quantitative estimate of drug-likeness (QED) is 0.423. The van der Waals surface area contributed by atoms with E-state index in [4.69, 9.17) is 16.3 Å². The summed E-state index contributed by atoms with van der Waals surface area (Å²) in [5.41, 5.74) is 9.94. The molecule has 1 aromatic rings. The zero-order chi connectivity index (χ0) is 12.3. The molecule has 1 atom stereocenters. The number of nitrogen functional groups attached to an aromatic ring is 1. The molecule has 1 aromatic carbocycles. The number of hydrazine groups is 1. The van der Waals surface area contributed by atoms with Crippen LogP contribution >= 0.6 is 0 Å². The van der Waals surface area contributed by atoms with E-state index in [2.05, 4.69) is 5.43 Å². The fourth-order valence-corrected chi connectivity index (χ4v) is 2.34. The molecule has 5 heteroatoms. The average Bonchev–Trinajstić information content (AvgIpc) is 2.36. The highest BCUT2D eigenvalue weighted by atomic mass is 19.1. The minimum absolute atomic E-state index is 0.116. The zero-order valence-electron chi connectivity index (χ0n) is 9.66. The van der Waals surface area contributed by atoms with Crippen molar-refractivity contribution in [1.29, 1.82) is 0 Å². The van der Waals surface area contributed by atoms with Gasteiger partial charge in [-0.05, 0) is 42.5 Å². The zero-order valence-corrected chi connectivity index (χ0v) is 9.66. The number of hydrogen-bond acceptors (Lipinski definition) is 4. The first kappa shape index (κ1) is 12.3. The van der Waals surface area contributed by atoms with E-state index in [9.17, 15) is 4.39 Å². The maximum absolute atomic E-state index is 13.3. The van der Waals surface area contributed by atoms with Crippen molar-refractivity contribution in [3.8, 4) is 0 Å². The minimum Gasteiger partial charge on any atom is -0.398 e. The van der Waals surface area contributed by atoms with Crippen LogP contribution in [-0.4, -0.2) is 13.2 Å². The summed E-state index contributed by atoms with van der Waals surface area (Å²) in [4.78, 5) is 0. The molecule has 0 spiro atoms. The van der Waals surface area contributed by atoms with E-state index in [1.807, 2.05) is 0 Å². The predicted octanol–water partition coefficient (Wildman–Crippen LogP) is 1.34. The Bertz CT molecular complexity index is 380. The van der Waals surface area contributed by atoms with Crippen LogP contribution in [-0.2, 0) is 4.74 Å². The molecule has 5 N–H and O–H groups in total. The number of rotatable bonds is 3. The number of benzene rings is 1. The van der Waals surface area contributed by atoms with Crippen LogP contribution in [0.15, 0.2) is 18.2 Å². The van der Waals surface area contributed by atoms with Gasteiger partial charge in [-0.15, -0.1) is 0 Å². The fraction of sp³-hybridized carbons (Fsp3) is 0.500. The third-order valence-corrected chi connectivity index (χ3v) is 3.30. The van der Waals surface area contributed by atoms with Crippen LogP contribution in [0.3, 0.4) is 0 Å². The molecule has 0 aromatic heterocycles. The summed E-state index contributed by atoms with van der Waals surface area (Å²) in [5, 5.41) is 0. The first-order chi connectivity index (χ1) is 8.22. The van der Waals surface area contributed by atoms with E-state index >= 15 is 0 Å². The Hall–Kier alpha value is -1.17. The fourth-order valence-electron chi connectivity index (χ4n) is 2.34. The number of halogens is 1. The Labute approximate surface area is 100 Å². The molecule has 0 aliphatic carbocycles. The monoisotopic (exact) mass is 239 g/mol. The van der Waals surface area contributed by atoms with Gasteiger partial charge in [0, 0.05) is 18.9 Å². The second-order valence-corrected chi connectivity index (χ2v) is 4.37. The van der Waals surface area contributed by atoms with Gasteiger partial charge in [0.05, 0.1) is 6.04 Å². The second kappa shape index (κ2) is 5.44. The van der Waals surface area contributed by atoms with Crippen molar-refractivity contribution < 1.29 is 9.13 Å². The van der Waals surface area contributed by atoms with Gasteiger partial charge < -0.3 is 10.5 Å². The third-order valence-electron chi connectivity index (χ3n) is 3.30. The molecular formula is C12H18FN3O. The summed E-state index contributed by atoms with van der Waals surface area (Å²) in [5.74, 6) is 5.63. The lowest BCUT2D eigenvalue weighted by Gasteiger charge is -2.30. The molecule has 1 heterocycles. The smallest absolute Gasteiger partial charge is 0.123 e. The molecule has 17 heavy (non-hydrogen) atoms. The van der Waals surface area contributed by atoms with E-state index in [0.717, 1.165) is 31.6 Å². The van der Waals surface area contributed by atoms with E-state index < -0.39 is 0 Å². The Kier molecular flexibility index (Phi) is 3.93. The van der Waals surface area contributed by atoms with Crippen LogP contribution in [0.2, 0.25) is 0 Å². The maximum atomic E-state index is 13.3. The van der Waals surface area contributed by atoms with Crippen LogP contribution in [0, 0.1) is 11.7 Å². The summed E-state index contributed by atoms with van der Waals surface area (Å²) in [6.45, 7) is 1.44. The van der Waals surface area contributed by atoms with E-state index in [1.165, 1.54) is 12.1 Å². The highest BCUT2D eigenvalue weighted by Crippen LogP contribution is 2.32. The highest BCUT2D eigenvalue weighted by molar-refractivity contribution is 5.48. The third kappa shape index (κ3) is 2.74. The van der Waals surface area contributed by atoms with Crippen LogP contribution in [0.5, 0.6) is 0 Å². The molecule has 2 rings (SSSR count). The van der Waals surface area contributed by atoms with Crippen LogP contribution < -0.4 is 17.0 Å². The lowest BCUT2D eigenvalue weighted by molar-refractivity contribution is 0.0537. The molecule has 1 saturated heterocycles. The molecular weight excluding hydrogens is 221 g/mol. The van der Waals surface area contributed by atoms with Crippen molar-refractivity contribution in [2.24, 2.45) is 11.8 Å². The Balaban J connectivity index is 2.24. The normalized spacial score (nSPS) is 19.2. The van der Waals surface area contributed by atoms with Gasteiger partial charge in [0.15, 0.2) is 0 Å². The first-order valence-corrected chi connectivity index (χ1v) is 5.81. The summed E-state index contributed by atoms with van der Waals surface area (Å²) >= 11 is 0. The molecule has 0 amide bonds. The standard InChI is InChI=1S/C12H18FN3O/c13-9-1-2-11(14)10(7-9)12(16-15)8-3-5-17-6-4-8/h1-2,7-8,12,16H,3-6,14-15H2. The minimum atomic E-state index is -0.290. The average molecular weight is 239 g/mol. The van der Waals surface area contributed by atoms with Gasteiger partial charge in [-0.2, -0.15) is 0 Å². The summed E-state index contributed by atoms with van der Waals surface area (Å²) < 4.78 is 18.6. The molecule has 0 radical (unpaired) electrons. The van der Waals surface area contributed by atoms with E-state index in [-0.39, 0.29) is 11.9 Å². The highest BCUT2D eigenvalue weighted by Gasteiger charge is 2.26. The van der Waals surface area contributed by atoms with Crippen molar-refractivity contribution in [3.05, 3.63) is 29.6 Å². The lowest BCUT2D eigenvalue weighted by atomic mass is 9.87. The van der Waals surface area contributed by atoms with Crippen molar-refractivity contribution in [3.63, 3.8) is 0 Å². The molecule has 1 aliphatic heterocycles. The first-order valence-electron chi connectivity index (χ1n) is 5.81. The number of ether oxygens (including phenoxy) is 1. The van der Waals surface area contributed by atoms with Crippen LogP contribution in [0.25, 0.3) is 0 Å². The van der Waals surface area contributed by atoms with Gasteiger partial charge in [0.1, 0.15) is 5.82 Å². The summed E-state index contributed by atoms with van der Waals surface area (Å²) in [7, 11) is 0. The van der Waals surface area contributed by atoms with Crippen molar-refractivity contribution in [2.75, 3.05) is 18.9 Å². The van der Waals surface area contributed by atoms with E-state index in [1.54, 1.807) is 6.07 Å². The van der Waals surface area contributed by atoms with E-state index in [0.29, 0.717) is 11.6 Å². The number of nitrogens with one attached hydrogen (secondary N) is 1. The number of hydrogen-bond donors (Lipinski definition) is 3. The number of nitrogens with two attached hydrogens (primary N) is 2. The SMILES string of the molecule is NNC(c1cc(F)ccc1N)C1CCOCC1. The molecule has 1 unspecified atom stereocenters. The van der Waals surface area contributed by atoms with Crippen LogP contribution in [0.4, 0.5) is 10.1 Å². The van der Waals surface area contributed by atoms with Crippen molar-refractivity contribution >= 4 is 5.69 Å². The molecule has 0 bridgehead atoms. The Morgan fingerprint density at radius 1 is 1.35 bits per heavy atom. The van der Waals surface area contributed by atoms with Gasteiger partial charge in [0.25, 0.3) is 0 Å². The van der Waals surface area contributed by atoms with Crippen molar-refractivity contribution in [2.45, 2.75) is 18.9 Å². The topological polar surface area (TPSA) is 73.3 Å². The van der Waals surface area contributed by atoms with Gasteiger partial charge in [0.2, 0.25) is 0 Å². The van der Waals surface area contributed by atoms with Gasteiger partial charge in [-0.3, -0.25) is 11.3 Å². The summed E-state index contributed by atoms with van der Waals surface area (Å²) in [6, 6.07) is 4.27. The predicted molar refractivity (Wildman–Crippen MR) is 64.4 cm³/mol. The molecule has 1 aliphatic rings. The van der Waals surface area contributed by atoms with Crippen LogP contribution in [0.1, 0.15) is 24.4 Å². The molecule has 94 valence electrons. The largest absolute Gasteiger partial charge is 0.398 e. The van der Waals surface area contributed by atoms with Gasteiger partial charge >= 0.3 is 0 Å². The Morgan fingerprint density at radius 3 is 2.71 bits per heavy atom.